The number of aromatic nitrogens is 1. The molecule has 0 amide bonds. The van der Waals surface area contributed by atoms with Gasteiger partial charge in [-0.25, -0.2) is 4.98 Å². The summed E-state index contributed by atoms with van der Waals surface area (Å²) in [6.45, 7) is 0. The minimum Gasteiger partial charge on any atom is -0.278 e. The van der Waals surface area contributed by atoms with E-state index < -0.39 is 0 Å². The first-order chi connectivity index (χ1) is 6.95. The standard InChI is InChI=1S/C10H9N3S/c1-2-4-9(5-3-1)13-12-8-10-11-6-7-14-10/h1-8,13H/b12-8+. The first kappa shape index (κ1) is 8.90. The molecule has 0 aliphatic carbocycles. The highest BCUT2D eigenvalue weighted by molar-refractivity contribution is 7.11. The molecule has 70 valence electrons. The van der Waals surface area contributed by atoms with Crippen LogP contribution in [0.15, 0.2) is 47.0 Å². The van der Waals surface area contributed by atoms with Crippen LogP contribution in [0, 0.1) is 0 Å². The van der Waals surface area contributed by atoms with Crippen molar-refractivity contribution >= 4 is 23.2 Å². The third kappa shape index (κ3) is 2.40. The van der Waals surface area contributed by atoms with Crippen LogP contribution in [0.3, 0.4) is 0 Å². The lowest BCUT2D eigenvalue weighted by Crippen LogP contribution is -1.88. The van der Waals surface area contributed by atoms with Gasteiger partial charge in [0.1, 0.15) is 5.01 Å². The number of hydrogen-bond donors (Lipinski definition) is 1. The van der Waals surface area contributed by atoms with E-state index in [4.69, 9.17) is 0 Å². The Balaban J connectivity index is 1.95. The van der Waals surface area contributed by atoms with Crippen molar-refractivity contribution in [2.24, 2.45) is 5.10 Å². The summed E-state index contributed by atoms with van der Waals surface area (Å²) in [5.41, 5.74) is 3.89. The van der Waals surface area contributed by atoms with E-state index in [9.17, 15) is 0 Å². The summed E-state index contributed by atoms with van der Waals surface area (Å²) in [7, 11) is 0. The predicted molar refractivity (Wildman–Crippen MR) is 59.8 cm³/mol. The molecule has 1 aromatic heterocycles. The maximum Gasteiger partial charge on any atom is 0.136 e. The quantitative estimate of drug-likeness (QED) is 0.615. The molecule has 2 rings (SSSR count). The fourth-order valence-corrected chi connectivity index (χ4v) is 1.47. The molecular weight excluding hydrogens is 194 g/mol. The van der Waals surface area contributed by atoms with Gasteiger partial charge >= 0.3 is 0 Å². The van der Waals surface area contributed by atoms with E-state index in [-0.39, 0.29) is 0 Å². The lowest BCUT2D eigenvalue weighted by atomic mass is 10.3. The van der Waals surface area contributed by atoms with E-state index in [1.54, 1.807) is 23.7 Å². The van der Waals surface area contributed by atoms with E-state index in [1.807, 2.05) is 35.7 Å². The van der Waals surface area contributed by atoms with Crippen LogP contribution in [-0.4, -0.2) is 11.2 Å². The molecule has 4 heteroatoms. The first-order valence-corrected chi connectivity index (χ1v) is 5.07. The van der Waals surface area contributed by atoms with Gasteiger partial charge in [-0.05, 0) is 12.1 Å². The van der Waals surface area contributed by atoms with Gasteiger partial charge < -0.3 is 0 Å². The zero-order valence-corrected chi connectivity index (χ0v) is 8.24. The van der Waals surface area contributed by atoms with E-state index >= 15 is 0 Å². The molecule has 0 unspecified atom stereocenters. The minimum absolute atomic E-state index is 0.897. The summed E-state index contributed by atoms with van der Waals surface area (Å²) in [5.74, 6) is 0. The Hall–Kier alpha value is -1.68. The first-order valence-electron chi connectivity index (χ1n) is 4.19. The number of hydrogen-bond acceptors (Lipinski definition) is 4. The van der Waals surface area contributed by atoms with Crippen molar-refractivity contribution in [3.8, 4) is 0 Å². The summed E-state index contributed by atoms with van der Waals surface area (Å²) in [6, 6.07) is 9.80. The van der Waals surface area contributed by atoms with E-state index in [0.29, 0.717) is 0 Å². The number of para-hydroxylation sites is 1. The molecule has 0 saturated heterocycles. The Bertz CT molecular complexity index is 395. The molecular formula is C10H9N3S. The smallest absolute Gasteiger partial charge is 0.136 e. The van der Waals surface area contributed by atoms with Gasteiger partial charge in [-0.15, -0.1) is 11.3 Å². The fourth-order valence-electron chi connectivity index (χ4n) is 0.973. The van der Waals surface area contributed by atoms with Gasteiger partial charge in [-0.2, -0.15) is 5.10 Å². The Morgan fingerprint density at radius 3 is 2.86 bits per heavy atom. The van der Waals surface area contributed by atoms with Crippen LogP contribution in [0.1, 0.15) is 5.01 Å². The van der Waals surface area contributed by atoms with E-state index in [0.717, 1.165) is 10.7 Å². The van der Waals surface area contributed by atoms with Crippen molar-refractivity contribution in [1.29, 1.82) is 0 Å². The molecule has 0 radical (unpaired) electrons. The lowest BCUT2D eigenvalue weighted by Gasteiger charge is -1.96. The SMILES string of the molecule is C(=N\Nc1ccccc1)/c1nccs1. The Morgan fingerprint density at radius 1 is 1.29 bits per heavy atom. The largest absolute Gasteiger partial charge is 0.278 e. The third-order valence-corrected chi connectivity index (χ3v) is 2.30. The number of nitrogens with zero attached hydrogens (tertiary/aromatic N) is 2. The van der Waals surface area contributed by atoms with Crippen LogP contribution >= 0.6 is 11.3 Å². The van der Waals surface area contributed by atoms with Crippen LogP contribution in [0.25, 0.3) is 0 Å². The van der Waals surface area contributed by atoms with Gasteiger partial charge in [0.15, 0.2) is 0 Å². The number of hydrazone groups is 1. The van der Waals surface area contributed by atoms with Crippen molar-refractivity contribution in [2.75, 3.05) is 5.43 Å². The maximum atomic E-state index is 4.08. The minimum atomic E-state index is 0.897. The normalized spacial score (nSPS) is 10.6. The Kier molecular flexibility index (Phi) is 2.88. The third-order valence-electron chi connectivity index (χ3n) is 1.59. The van der Waals surface area contributed by atoms with Crippen LogP contribution in [0.5, 0.6) is 0 Å². The number of rotatable bonds is 3. The summed E-state index contributed by atoms with van der Waals surface area (Å²) < 4.78 is 0. The number of anilines is 1. The van der Waals surface area contributed by atoms with Crippen LogP contribution < -0.4 is 5.43 Å². The summed E-state index contributed by atoms with van der Waals surface area (Å²) >= 11 is 1.56. The Labute approximate surface area is 86.1 Å². The maximum absolute atomic E-state index is 4.08. The molecule has 0 bridgehead atoms. The summed E-state index contributed by atoms with van der Waals surface area (Å²) in [5, 5.41) is 6.87. The monoisotopic (exact) mass is 203 g/mol. The van der Waals surface area contributed by atoms with Crippen molar-refractivity contribution < 1.29 is 0 Å². The van der Waals surface area contributed by atoms with Gasteiger partial charge in [0.2, 0.25) is 0 Å². The Morgan fingerprint density at radius 2 is 2.14 bits per heavy atom. The van der Waals surface area contributed by atoms with Crippen LogP contribution in [0.2, 0.25) is 0 Å². The highest BCUT2D eigenvalue weighted by Gasteiger charge is 1.88. The highest BCUT2D eigenvalue weighted by atomic mass is 32.1. The molecule has 3 nitrogen and oxygen atoms in total. The molecule has 0 atom stereocenters. The molecule has 1 aromatic carbocycles. The van der Waals surface area contributed by atoms with Crippen molar-refractivity contribution in [3.05, 3.63) is 46.9 Å². The lowest BCUT2D eigenvalue weighted by molar-refractivity contribution is 1.33. The average Bonchev–Trinajstić information content (AvgIpc) is 2.72. The van der Waals surface area contributed by atoms with Crippen LogP contribution in [-0.2, 0) is 0 Å². The molecule has 2 aromatic rings. The molecule has 1 heterocycles. The topological polar surface area (TPSA) is 37.3 Å². The summed E-state index contributed by atoms with van der Waals surface area (Å²) in [4.78, 5) is 4.08. The summed E-state index contributed by atoms with van der Waals surface area (Å²) in [6.07, 6.45) is 3.46. The van der Waals surface area contributed by atoms with Crippen molar-refractivity contribution in [3.63, 3.8) is 0 Å². The molecule has 0 fully saturated rings. The second-order valence-corrected chi connectivity index (χ2v) is 3.53. The van der Waals surface area contributed by atoms with Gasteiger partial charge in [-0.1, -0.05) is 18.2 Å². The van der Waals surface area contributed by atoms with Crippen molar-refractivity contribution in [1.82, 2.24) is 4.98 Å². The van der Waals surface area contributed by atoms with Crippen molar-refractivity contribution in [2.45, 2.75) is 0 Å². The molecule has 0 aliphatic heterocycles. The van der Waals surface area contributed by atoms with E-state index in [1.165, 1.54) is 0 Å². The molecule has 0 aliphatic rings. The highest BCUT2D eigenvalue weighted by Crippen LogP contribution is 2.05. The van der Waals surface area contributed by atoms with E-state index in [2.05, 4.69) is 15.5 Å². The van der Waals surface area contributed by atoms with Crippen LogP contribution in [0.4, 0.5) is 5.69 Å². The van der Waals surface area contributed by atoms with Gasteiger partial charge in [-0.3, -0.25) is 5.43 Å². The fraction of sp³-hybridized carbons (Fsp3) is 0. The zero-order valence-electron chi connectivity index (χ0n) is 7.42. The number of thiazole rings is 1. The second-order valence-electron chi connectivity index (χ2n) is 2.61. The van der Waals surface area contributed by atoms with Gasteiger partial charge in [0, 0.05) is 11.6 Å². The average molecular weight is 203 g/mol. The molecule has 14 heavy (non-hydrogen) atoms. The number of benzene rings is 1. The molecule has 0 saturated carbocycles. The molecule has 1 N–H and O–H groups in total. The van der Waals surface area contributed by atoms with Gasteiger partial charge in [0.25, 0.3) is 0 Å². The second kappa shape index (κ2) is 4.53. The molecule has 0 spiro atoms. The van der Waals surface area contributed by atoms with Gasteiger partial charge in [0.05, 0.1) is 11.9 Å². The number of nitrogens with one attached hydrogen (secondary N) is 1. The zero-order chi connectivity index (χ0) is 9.64. The predicted octanol–water partition coefficient (Wildman–Crippen LogP) is 2.59.